The van der Waals surface area contributed by atoms with Crippen molar-refractivity contribution in [3.05, 3.63) is 34.9 Å². The average Bonchev–Trinajstić information content (AvgIpc) is 2.48. The van der Waals surface area contributed by atoms with Crippen molar-refractivity contribution in [1.82, 2.24) is 0 Å². The molecule has 1 aliphatic rings. The third-order valence-corrected chi connectivity index (χ3v) is 3.73. The Kier molecular flexibility index (Phi) is 5.08. The number of aliphatic hydroxyl groups is 2. The molecule has 0 aromatic heterocycles. The zero-order chi connectivity index (χ0) is 16.3. The number of ether oxygens (including phenoxy) is 1. The molecule has 1 aliphatic heterocycles. The highest BCUT2D eigenvalue weighted by atomic mass is 16.5. The van der Waals surface area contributed by atoms with Gasteiger partial charge in [-0.15, -0.1) is 0 Å². The van der Waals surface area contributed by atoms with Crippen LogP contribution in [0.3, 0.4) is 0 Å². The van der Waals surface area contributed by atoms with Crippen LogP contribution in [0.15, 0.2) is 23.8 Å². The summed E-state index contributed by atoms with van der Waals surface area (Å²) in [5, 5.41) is 21.1. The molecule has 0 amide bonds. The Morgan fingerprint density at radius 1 is 1.36 bits per heavy atom. The van der Waals surface area contributed by atoms with Gasteiger partial charge in [0.2, 0.25) is 0 Å². The Labute approximate surface area is 130 Å². The maximum atomic E-state index is 11.7. The van der Waals surface area contributed by atoms with Gasteiger partial charge in [0, 0.05) is 17.7 Å². The number of carbonyl (C=O) groups excluding carboxylic acids is 1. The van der Waals surface area contributed by atoms with E-state index in [1.165, 1.54) is 0 Å². The fourth-order valence-electron chi connectivity index (χ4n) is 2.72. The Hall–Kier alpha value is -2.01. The third-order valence-electron chi connectivity index (χ3n) is 3.73. The monoisotopic (exact) mass is 305 g/mol. The van der Waals surface area contributed by atoms with Gasteiger partial charge >= 0.3 is 5.97 Å². The zero-order valence-corrected chi connectivity index (χ0v) is 13.3. The van der Waals surface area contributed by atoms with Gasteiger partial charge in [0.1, 0.15) is 5.76 Å². The molecule has 1 aromatic rings. The highest BCUT2D eigenvalue weighted by Gasteiger charge is 2.32. The summed E-state index contributed by atoms with van der Waals surface area (Å²) in [7, 11) is 0. The number of carbonyl (C=O) groups is 1. The molecule has 22 heavy (non-hydrogen) atoms. The molecular formula is C17H23NO4. The van der Waals surface area contributed by atoms with Crippen LogP contribution in [-0.4, -0.2) is 35.6 Å². The maximum Gasteiger partial charge on any atom is 0.310 e. The van der Waals surface area contributed by atoms with Crippen LogP contribution in [0.4, 0.5) is 5.69 Å². The Bertz CT molecular complexity index is 594. The van der Waals surface area contributed by atoms with E-state index in [4.69, 9.17) is 4.74 Å². The van der Waals surface area contributed by atoms with Gasteiger partial charge < -0.3 is 19.8 Å². The Balaban J connectivity index is 2.46. The highest BCUT2D eigenvalue weighted by molar-refractivity contribution is 5.84. The number of benzene rings is 1. The summed E-state index contributed by atoms with van der Waals surface area (Å²) in [6, 6.07) is 5.66. The summed E-state index contributed by atoms with van der Waals surface area (Å²) in [4.78, 5) is 13.6. The maximum absolute atomic E-state index is 11.7. The number of hydrogen-bond donors (Lipinski definition) is 2. The number of hydrogen-bond acceptors (Lipinski definition) is 5. The Morgan fingerprint density at radius 2 is 2.09 bits per heavy atom. The van der Waals surface area contributed by atoms with E-state index >= 15 is 0 Å². The molecule has 0 fully saturated rings. The lowest BCUT2D eigenvalue weighted by molar-refractivity contribution is -0.142. The number of aryl methyl sites for hydroxylation is 1. The van der Waals surface area contributed by atoms with Crippen LogP contribution in [0.25, 0.3) is 5.76 Å². The molecule has 0 aliphatic carbocycles. The third kappa shape index (κ3) is 3.09. The number of nitrogens with zero attached hydrogens (tertiary/aromatic N) is 1. The van der Waals surface area contributed by atoms with Crippen LogP contribution in [-0.2, 0) is 9.53 Å². The van der Waals surface area contributed by atoms with E-state index in [1.54, 1.807) is 6.92 Å². The predicted molar refractivity (Wildman–Crippen MR) is 85.6 cm³/mol. The first-order chi connectivity index (χ1) is 10.5. The van der Waals surface area contributed by atoms with Gasteiger partial charge in [-0.1, -0.05) is 13.0 Å². The second-order valence-electron chi connectivity index (χ2n) is 5.44. The first-order valence-corrected chi connectivity index (χ1v) is 7.62. The van der Waals surface area contributed by atoms with Crippen LogP contribution in [0.1, 0.15) is 37.8 Å². The molecule has 1 unspecified atom stereocenters. The molecule has 0 saturated heterocycles. The minimum absolute atomic E-state index is 0.0251. The summed E-state index contributed by atoms with van der Waals surface area (Å²) >= 11 is 0. The molecule has 1 atom stereocenters. The van der Waals surface area contributed by atoms with Gasteiger partial charge in [-0.25, -0.2) is 0 Å². The van der Waals surface area contributed by atoms with Crippen LogP contribution in [0.2, 0.25) is 0 Å². The van der Waals surface area contributed by atoms with Crippen LogP contribution in [0, 0.1) is 6.92 Å². The smallest absolute Gasteiger partial charge is 0.310 e. The minimum Gasteiger partial charge on any atom is -0.507 e. The molecule has 0 saturated carbocycles. The lowest BCUT2D eigenvalue weighted by Gasteiger charge is -2.37. The summed E-state index contributed by atoms with van der Waals surface area (Å²) in [6.45, 7) is 6.62. The summed E-state index contributed by atoms with van der Waals surface area (Å²) in [5.41, 5.74) is 2.78. The van der Waals surface area contributed by atoms with Crippen LogP contribution < -0.4 is 4.90 Å². The topological polar surface area (TPSA) is 70.0 Å². The molecule has 0 bridgehead atoms. The molecule has 5 nitrogen and oxygen atoms in total. The second-order valence-corrected chi connectivity index (χ2v) is 5.44. The molecular weight excluding hydrogens is 282 g/mol. The molecule has 120 valence electrons. The summed E-state index contributed by atoms with van der Waals surface area (Å²) in [5.74, 6) is -0.474. The normalized spacial score (nSPS) is 17.5. The molecule has 1 heterocycles. The molecule has 1 aromatic carbocycles. The van der Waals surface area contributed by atoms with E-state index < -0.39 is 12.2 Å². The van der Waals surface area contributed by atoms with Gasteiger partial charge in [-0.3, -0.25) is 4.79 Å². The van der Waals surface area contributed by atoms with E-state index in [0.29, 0.717) is 17.7 Å². The SMILES string of the molecule is CCCN1c2cc(C)ccc2C(O)=C(CC(=O)OCC)C1O. The van der Waals surface area contributed by atoms with Crippen LogP contribution >= 0.6 is 0 Å². The fraction of sp³-hybridized carbons (Fsp3) is 0.471. The van der Waals surface area contributed by atoms with Crippen molar-refractivity contribution in [3.63, 3.8) is 0 Å². The fourth-order valence-corrected chi connectivity index (χ4v) is 2.72. The average molecular weight is 305 g/mol. The lowest BCUT2D eigenvalue weighted by atomic mass is 9.95. The number of esters is 1. The van der Waals surface area contributed by atoms with E-state index in [1.807, 2.05) is 36.9 Å². The number of anilines is 1. The molecule has 0 spiro atoms. The number of aliphatic hydroxyl groups excluding tert-OH is 2. The van der Waals surface area contributed by atoms with Crippen LogP contribution in [0.5, 0.6) is 0 Å². The van der Waals surface area contributed by atoms with Gasteiger partial charge in [0.25, 0.3) is 0 Å². The largest absolute Gasteiger partial charge is 0.507 e. The quantitative estimate of drug-likeness (QED) is 0.819. The molecule has 2 N–H and O–H groups in total. The molecule has 0 radical (unpaired) electrons. The second kappa shape index (κ2) is 6.83. The summed E-state index contributed by atoms with van der Waals surface area (Å²) < 4.78 is 4.93. The zero-order valence-electron chi connectivity index (χ0n) is 13.3. The van der Waals surface area contributed by atoms with E-state index in [-0.39, 0.29) is 18.8 Å². The van der Waals surface area contributed by atoms with Crippen molar-refractivity contribution < 1.29 is 19.7 Å². The van der Waals surface area contributed by atoms with E-state index in [2.05, 4.69) is 0 Å². The molecule has 5 heteroatoms. The Morgan fingerprint density at radius 3 is 2.73 bits per heavy atom. The van der Waals surface area contributed by atoms with E-state index in [9.17, 15) is 15.0 Å². The minimum atomic E-state index is -1.02. The van der Waals surface area contributed by atoms with Gasteiger partial charge in [-0.2, -0.15) is 0 Å². The van der Waals surface area contributed by atoms with Crippen molar-refractivity contribution in [3.8, 4) is 0 Å². The van der Waals surface area contributed by atoms with Crippen molar-refractivity contribution in [2.45, 2.75) is 39.8 Å². The first-order valence-electron chi connectivity index (χ1n) is 7.62. The van der Waals surface area contributed by atoms with Gasteiger partial charge in [-0.05, 0) is 38.0 Å². The lowest BCUT2D eigenvalue weighted by Crippen LogP contribution is -2.41. The number of rotatable bonds is 5. The number of fused-ring (bicyclic) bond motifs is 1. The standard InChI is InChI=1S/C17H23NO4/c1-4-8-18-14-9-11(3)6-7-12(14)16(20)13(17(18)21)10-15(19)22-5-2/h6-7,9,17,20-21H,4-5,8,10H2,1-3H3. The first kappa shape index (κ1) is 16.4. The van der Waals surface area contributed by atoms with Crippen molar-refractivity contribution in [1.29, 1.82) is 0 Å². The van der Waals surface area contributed by atoms with E-state index in [0.717, 1.165) is 17.7 Å². The highest BCUT2D eigenvalue weighted by Crippen LogP contribution is 2.38. The van der Waals surface area contributed by atoms with Crippen molar-refractivity contribution in [2.75, 3.05) is 18.1 Å². The molecule has 2 rings (SSSR count). The van der Waals surface area contributed by atoms with Gasteiger partial charge in [0.15, 0.2) is 6.23 Å². The summed E-state index contributed by atoms with van der Waals surface area (Å²) in [6.07, 6.45) is -0.287. The van der Waals surface area contributed by atoms with Crippen molar-refractivity contribution >= 4 is 17.4 Å². The van der Waals surface area contributed by atoms with Crippen molar-refractivity contribution in [2.24, 2.45) is 0 Å². The predicted octanol–water partition coefficient (Wildman–Crippen LogP) is 2.77. The van der Waals surface area contributed by atoms with Gasteiger partial charge in [0.05, 0.1) is 18.7 Å².